The maximum absolute atomic E-state index is 5.60. The lowest BCUT2D eigenvalue weighted by Crippen LogP contribution is -2.15. The molecule has 0 aliphatic heterocycles. The molecular formula is C15H24OSi. The molecule has 0 amide bonds. The molecule has 0 unspecified atom stereocenters. The van der Waals surface area contributed by atoms with Crippen LogP contribution in [0.2, 0.25) is 19.6 Å². The van der Waals surface area contributed by atoms with Crippen molar-refractivity contribution in [2.24, 2.45) is 0 Å². The van der Waals surface area contributed by atoms with E-state index in [1.165, 1.54) is 5.56 Å². The minimum atomic E-state index is -1.16. The van der Waals surface area contributed by atoms with E-state index in [1.54, 1.807) is 0 Å². The van der Waals surface area contributed by atoms with Crippen molar-refractivity contribution in [2.45, 2.75) is 45.8 Å². The molecule has 0 fully saturated rings. The summed E-state index contributed by atoms with van der Waals surface area (Å²) < 4.78 is 5.60. The average Bonchev–Trinajstić information content (AvgIpc) is 2.15. The molecule has 0 spiro atoms. The summed E-state index contributed by atoms with van der Waals surface area (Å²) in [4.78, 5) is 0. The van der Waals surface area contributed by atoms with E-state index in [0.29, 0.717) is 0 Å². The van der Waals surface area contributed by atoms with Crippen molar-refractivity contribution >= 4 is 8.07 Å². The fourth-order valence-corrected chi connectivity index (χ4v) is 1.83. The molecule has 0 atom stereocenters. The fourth-order valence-electron chi connectivity index (χ4n) is 1.35. The van der Waals surface area contributed by atoms with Crippen molar-refractivity contribution in [3.05, 3.63) is 41.8 Å². The molecule has 0 saturated carbocycles. The van der Waals surface area contributed by atoms with Gasteiger partial charge in [-0.15, -0.1) is 0 Å². The Morgan fingerprint density at radius 1 is 1.00 bits per heavy atom. The molecule has 0 heterocycles. The van der Waals surface area contributed by atoms with Gasteiger partial charge in [-0.05, 0) is 23.1 Å². The van der Waals surface area contributed by atoms with Gasteiger partial charge in [0.1, 0.15) is 5.75 Å². The van der Waals surface area contributed by atoms with Gasteiger partial charge < -0.3 is 4.74 Å². The van der Waals surface area contributed by atoms with E-state index in [4.69, 9.17) is 4.74 Å². The highest BCUT2D eigenvalue weighted by molar-refractivity contribution is 6.80. The smallest absolute Gasteiger partial charge is 0.126 e. The van der Waals surface area contributed by atoms with Crippen LogP contribution in [0.1, 0.15) is 26.3 Å². The first-order valence-corrected chi connectivity index (χ1v) is 9.71. The van der Waals surface area contributed by atoms with Crippen LogP contribution >= 0.6 is 0 Å². The lowest BCUT2D eigenvalue weighted by atomic mass is 9.87. The number of ether oxygens (including phenoxy) is 1. The molecule has 1 aromatic carbocycles. The Morgan fingerprint density at radius 3 is 1.94 bits per heavy atom. The summed E-state index contributed by atoms with van der Waals surface area (Å²) in [5, 5.41) is 0. The summed E-state index contributed by atoms with van der Waals surface area (Å²) >= 11 is 0. The molecule has 0 aliphatic carbocycles. The highest BCUT2D eigenvalue weighted by Crippen LogP contribution is 2.24. The van der Waals surface area contributed by atoms with Gasteiger partial charge in [-0.1, -0.05) is 58.2 Å². The molecule has 94 valence electrons. The molecule has 17 heavy (non-hydrogen) atoms. The summed E-state index contributed by atoms with van der Waals surface area (Å²) in [7, 11) is -1.16. The van der Waals surface area contributed by atoms with Gasteiger partial charge in [0.05, 0.1) is 14.3 Å². The minimum Gasteiger partial charge on any atom is -0.466 e. The molecule has 1 rings (SSSR count). The zero-order valence-corrected chi connectivity index (χ0v) is 12.9. The number of hydrogen-bond acceptors (Lipinski definition) is 1. The maximum atomic E-state index is 5.60. The normalized spacial score (nSPS) is 13.1. The first-order chi connectivity index (χ1) is 7.68. The summed E-state index contributed by atoms with van der Waals surface area (Å²) in [6.07, 6.45) is 1.83. The zero-order chi connectivity index (χ0) is 13.1. The van der Waals surface area contributed by atoms with Crippen LogP contribution in [0.5, 0.6) is 5.75 Å². The number of hydrogen-bond donors (Lipinski definition) is 0. The Hall–Kier alpha value is -1.02. The van der Waals surface area contributed by atoms with Gasteiger partial charge in [-0.25, -0.2) is 0 Å². The highest BCUT2D eigenvalue weighted by Gasteiger charge is 2.12. The predicted molar refractivity (Wildman–Crippen MR) is 78.3 cm³/mol. The fraction of sp³-hybridized carbons (Fsp3) is 0.467. The van der Waals surface area contributed by atoms with Crippen LogP contribution in [0.3, 0.4) is 0 Å². The van der Waals surface area contributed by atoms with E-state index in [9.17, 15) is 0 Å². The Kier molecular flexibility index (Phi) is 4.20. The van der Waals surface area contributed by atoms with E-state index in [0.717, 1.165) is 5.75 Å². The third kappa shape index (κ3) is 5.22. The lowest BCUT2D eigenvalue weighted by molar-refractivity contribution is 0.481. The van der Waals surface area contributed by atoms with Crippen LogP contribution in [0.25, 0.3) is 0 Å². The number of rotatable bonds is 3. The SMILES string of the molecule is CC(C)(C)c1ccc(O/C=C\[Si](C)(C)C)cc1. The Labute approximate surface area is 107 Å². The van der Waals surface area contributed by atoms with Gasteiger partial charge in [-0.3, -0.25) is 0 Å². The van der Waals surface area contributed by atoms with E-state index in [1.807, 2.05) is 18.4 Å². The molecule has 0 aromatic heterocycles. The molecule has 0 aliphatic rings. The topological polar surface area (TPSA) is 9.23 Å². The molecule has 0 N–H and O–H groups in total. The summed E-state index contributed by atoms with van der Waals surface area (Å²) in [5.74, 6) is 0.910. The van der Waals surface area contributed by atoms with Crippen molar-refractivity contribution < 1.29 is 4.74 Å². The first kappa shape index (κ1) is 14.0. The molecular weight excluding hydrogens is 224 g/mol. The molecule has 0 radical (unpaired) electrons. The molecule has 1 nitrogen and oxygen atoms in total. The van der Waals surface area contributed by atoms with Crippen molar-refractivity contribution in [1.82, 2.24) is 0 Å². The van der Waals surface area contributed by atoms with Crippen molar-refractivity contribution in [3.63, 3.8) is 0 Å². The Balaban J connectivity index is 2.67. The Bertz CT molecular complexity index is 377. The molecule has 2 heteroatoms. The Morgan fingerprint density at radius 2 is 1.53 bits per heavy atom. The maximum Gasteiger partial charge on any atom is 0.126 e. The lowest BCUT2D eigenvalue weighted by Gasteiger charge is -2.18. The van der Waals surface area contributed by atoms with Gasteiger partial charge in [0.2, 0.25) is 0 Å². The zero-order valence-electron chi connectivity index (χ0n) is 11.9. The average molecular weight is 248 g/mol. The molecule has 1 aromatic rings. The van der Waals surface area contributed by atoms with E-state index < -0.39 is 8.07 Å². The quantitative estimate of drug-likeness (QED) is 0.554. The summed E-state index contributed by atoms with van der Waals surface area (Å²) in [5.41, 5.74) is 3.73. The van der Waals surface area contributed by atoms with Gasteiger partial charge in [0.25, 0.3) is 0 Å². The minimum absolute atomic E-state index is 0.201. The van der Waals surface area contributed by atoms with E-state index >= 15 is 0 Å². The summed E-state index contributed by atoms with van der Waals surface area (Å²) in [6.45, 7) is 13.5. The van der Waals surface area contributed by atoms with Crippen LogP contribution in [0.4, 0.5) is 0 Å². The third-order valence-electron chi connectivity index (χ3n) is 2.49. The standard InChI is InChI=1S/C15H24OSi/c1-15(2,3)13-7-9-14(10-8-13)16-11-12-17(4,5)6/h7-12H,1-6H3/b12-11-. The second kappa shape index (κ2) is 5.09. The van der Waals surface area contributed by atoms with Gasteiger partial charge in [0, 0.05) is 0 Å². The molecule has 0 saturated heterocycles. The van der Waals surface area contributed by atoms with Crippen LogP contribution in [0.15, 0.2) is 36.2 Å². The third-order valence-corrected chi connectivity index (χ3v) is 3.63. The summed E-state index contributed by atoms with van der Waals surface area (Å²) in [6, 6.07) is 8.35. The van der Waals surface area contributed by atoms with Crippen molar-refractivity contribution in [1.29, 1.82) is 0 Å². The van der Waals surface area contributed by atoms with Crippen LogP contribution < -0.4 is 4.74 Å². The second-order valence-electron chi connectivity index (χ2n) is 6.56. The van der Waals surface area contributed by atoms with Crippen LogP contribution in [-0.2, 0) is 5.41 Å². The van der Waals surface area contributed by atoms with Gasteiger partial charge in [0.15, 0.2) is 0 Å². The van der Waals surface area contributed by atoms with Gasteiger partial charge >= 0.3 is 0 Å². The number of benzene rings is 1. The monoisotopic (exact) mass is 248 g/mol. The highest BCUT2D eigenvalue weighted by atomic mass is 28.3. The van der Waals surface area contributed by atoms with E-state index in [-0.39, 0.29) is 5.41 Å². The predicted octanol–water partition coefficient (Wildman–Crippen LogP) is 4.75. The first-order valence-electron chi connectivity index (χ1n) is 6.13. The molecule has 0 bridgehead atoms. The second-order valence-corrected chi connectivity index (χ2v) is 11.6. The van der Waals surface area contributed by atoms with Crippen LogP contribution in [-0.4, -0.2) is 8.07 Å². The van der Waals surface area contributed by atoms with Gasteiger partial charge in [-0.2, -0.15) is 0 Å². The van der Waals surface area contributed by atoms with Crippen LogP contribution in [0, 0.1) is 0 Å². The van der Waals surface area contributed by atoms with Crippen molar-refractivity contribution in [2.75, 3.05) is 0 Å². The van der Waals surface area contributed by atoms with E-state index in [2.05, 4.69) is 58.2 Å². The van der Waals surface area contributed by atoms with Crippen molar-refractivity contribution in [3.8, 4) is 5.75 Å². The largest absolute Gasteiger partial charge is 0.466 e.